The first-order chi connectivity index (χ1) is 7.38. The topological polar surface area (TPSA) is 51.6 Å². The molecule has 0 radical (unpaired) electrons. The van der Waals surface area contributed by atoms with Gasteiger partial charge in [-0.1, -0.05) is 0 Å². The van der Waals surface area contributed by atoms with Crippen molar-refractivity contribution in [2.24, 2.45) is 5.92 Å². The van der Waals surface area contributed by atoms with Crippen LogP contribution in [0.25, 0.3) is 0 Å². The monoisotopic (exact) mass is 203 g/mol. The van der Waals surface area contributed by atoms with Gasteiger partial charge in [0.05, 0.1) is 6.07 Å². The van der Waals surface area contributed by atoms with E-state index in [-0.39, 0.29) is 0 Å². The smallest absolute Gasteiger partial charge is 0.0655 e. The molecule has 0 spiro atoms. The van der Waals surface area contributed by atoms with Crippen LogP contribution in [0.15, 0.2) is 18.5 Å². The minimum Gasteiger partial charge on any atom is -0.367 e. The summed E-state index contributed by atoms with van der Waals surface area (Å²) in [5.74, 6) is 0.301. The van der Waals surface area contributed by atoms with Crippen molar-refractivity contribution in [3.8, 4) is 6.07 Å². The lowest BCUT2D eigenvalue weighted by molar-refractivity contribution is 0.331. The zero-order valence-corrected chi connectivity index (χ0v) is 8.87. The molecule has 3 nitrogen and oxygen atoms in total. The van der Waals surface area contributed by atoms with Crippen LogP contribution in [0, 0.1) is 17.2 Å². The minimum absolute atomic E-state index is 0.301. The van der Waals surface area contributed by atoms with E-state index in [9.17, 15) is 0 Å². The molecular formula is C12H17N3. The Morgan fingerprint density at radius 2 is 2.20 bits per heavy atom. The number of hydrogen-bond donors (Lipinski definition) is 2. The second kappa shape index (κ2) is 4.99. The van der Waals surface area contributed by atoms with E-state index in [1.807, 2.05) is 12.4 Å². The van der Waals surface area contributed by atoms with Crippen molar-refractivity contribution in [1.82, 2.24) is 10.3 Å². The predicted molar refractivity (Wildman–Crippen MR) is 59.0 cm³/mol. The van der Waals surface area contributed by atoms with Gasteiger partial charge in [-0.15, -0.1) is 0 Å². The van der Waals surface area contributed by atoms with Crippen molar-refractivity contribution in [3.63, 3.8) is 0 Å². The van der Waals surface area contributed by atoms with E-state index in [1.165, 1.54) is 5.56 Å². The normalized spacial score (nSPS) is 26.1. The number of aromatic nitrogens is 1. The summed E-state index contributed by atoms with van der Waals surface area (Å²) in [4.78, 5) is 3.05. The minimum atomic E-state index is 0.301. The molecule has 0 amide bonds. The molecule has 0 aliphatic heterocycles. The van der Waals surface area contributed by atoms with Crippen LogP contribution < -0.4 is 5.32 Å². The Labute approximate surface area is 90.5 Å². The van der Waals surface area contributed by atoms with E-state index in [1.54, 1.807) is 0 Å². The molecule has 1 aromatic heterocycles. The Bertz CT molecular complexity index is 315. The molecule has 1 aromatic rings. The van der Waals surface area contributed by atoms with Gasteiger partial charge < -0.3 is 10.3 Å². The van der Waals surface area contributed by atoms with E-state index >= 15 is 0 Å². The van der Waals surface area contributed by atoms with E-state index in [0.29, 0.717) is 12.0 Å². The first kappa shape index (κ1) is 10.3. The average Bonchev–Trinajstić information content (AvgIpc) is 2.80. The number of aromatic amines is 1. The zero-order valence-electron chi connectivity index (χ0n) is 8.87. The van der Waals surface area contributed by atoms with Crippen LogP contribution in [0.2, 0.25) is 0 Å². The molecule has 1 aliphatic rings. The van der Waals surface area contributed by atoms with Crippen LogP contribution in [-0.2, 0) is 6.54 Å². The molecule has 0 bridgehead atoms. The van der Waals surface area contributed by atoms with Gasteiger partial charge in [-0.3, -0.25) is 0 Å². The maximum absolute atomic E-state index is 8.78. The summed E-state index contributed by atoms with van der Waals surface area (Å²) in [6.45, 7) is 0.936. The Morgan fingerprint density at radius 1 is 1.40 bits per heavy atom. The maximum atomic E-state index is 8.78. The van der Waals surface area contributed by atoms with Crippen molar-refractivity contribution in [3.05, 3.63) is 24.0 Å². The molecule has 1 heterocycles. The van der Waals surface area contributed by atoms with Crippen molar-refractivity contribution >= 4 is 0 Å². The number of nitriles is 1. The van der Waals surface area contributed by atoms with E-state index in [0.717, 1.165) is 32.2 Å². The van der Waals surface area contributed by atoms with Gasteiger partial charge in [-0.25, -0.2) is 0 Å². The lowest BCUT2D eigenvalue weighted by Crippen LogP contribution is -2.32. The number of nitrogens with zero attached hydrogens (tertiary/aromatic N) is 1. The Morgan fingerprint density at radius 3 is 2.80 bits per heavy atom. The van der Waals surface area contributed by atoms with Gasteiger partial charge in [0.15, 0.2) is 0 Å². The van der Waals surface area contributed by atoms with E-state index < -0.39 is 0 Å². The lowest BCUT2D eigenvalue weighted by atomic mass is 9.87. The highest BCUT2D eigenvalue weighted by Gasteiger charge is 2.19. The molecule has 1 fully saturated rings. The highest BCUT2D eigenvalue weighted by atomic mass is 14.9. The summed E-state index contributed by atoms with van der Waals surface area (Å²) >= 11 is 0. The fourth-order valence-corrected chi connectivity index (χ4v) is 2.16. The fraction of sp³-hybridized carbons (Fsp3) is 0.583. The number of hydrogen-bond acceptors (Lipinski definition) is 2. The quantitative estimate of drug-likeness (QED) is 0.791. The van der Waals surface area contributed by atoms with Gasteiger partial charge >= 0.3 is 0 Å². The highest BCUT2D eigenvalue weighted by molar-refractivity contribution is 5.07. The summed E-state index contributed by atoms with van der Waals surface area (Å²) < 4.78 is 0. The van der Waals surface area contributed by atoms with Gasteiger partial charge in [0, 0.05) is 30.9 Å². The fourth-order valence-electron chi connectivity index (χ4n) is 2.16. The lowest BCUT2D eigenvalue weighted by Gasteiger charge is -2.25. The van der Waals surface area contributed by atoms with Crippen LogP contribution in [0.5, 0.6) is 0 Å². The Kier molecular flexibility index (Phi) is 3.41. The molecular weight excluding hydrogens is 186 g/mol. The first-order valence-corrected chi connectivity index (χ1v) is 5.63. The highest BCUT2D eigenvalue weighted by Crippen LogP contribution is 2.23. The van der Waals surface area contributed by atoms with Crippen LogP contribution in [0.3, 0.4) is 0 Å². The van der Waals surface area contributed by atoms with Gasteiger partial charge in [-0.05, 0) is 37.3 Å². The van der Waals surface area contributed by atoms with Gasteiger partial charge in [0.25, 0.3) is 0 Å². The van der Waals surface area contributed by atoms with E-state index in [2.05, 4.69) is 22.4 Å². The predicted octanol–water partition coefficient (Wildman–Crippen LogP) is 2.19. The summed E-state index contributed by atoms with van der Waals surface area (Å²) in [5, 5.41) is 12.3. The molecule has 0 aromatic carbocycles. The standard InChI is InChI=1S/C12H17N3/c13-7-10-1-3-12(4-2-10)15-9-11-5-6-14-8-11/h5-6,8,10,12,14-15H,1-4,9H2. The number of nitrogens with one attached hydrogen (secondary N) is 2. The third-order valence-electron chi connectivity index (χ3n) is 3.17. The first-order valence-electron chi connectivity index (χ1n) is 5.63. The average molecular weight is 203 g/mol. The summed E-state index contributed by atoms with van der Waals surface area (Å²) in [6.07, 6.45) is 8.37. The molecule has 3 heteroatoms. The van der Waals surface area contributed by atoms with Crippen molar-refractivity contribution in [1.29, 1.82) is 5.26 Å². The van der Waals surface area contributed by atoms with Crippen molar-refractivity contribution in [2.75, 3.05) is 0 Å². The largest absolute Gasteiger partial charge is 0.367 e. The molecule has 2 N–H and O–H groups in total. The molecule has 1 saturated carbocycles. The molecule has 80 valence electrons. The third kappa shape index (κ3) is 2.84. The zero-order chi connectivity index (χ0) is 10.5. The van der Waals surface area contributed by atoms with Crippen LogP contribution >= 0.6 is 0 Å². The molecule has 2 rings (SSSR count). The van der Waals surface area contributed by atoms with Gasteiger partial charge in [0.1, 0.15) is 0 Å². The molecule has 0 atom stereocenters. The maximum Gasteiger partial charge on any atom is 0.0655 e. The summed E-state index contributed by atoms with van der Waals surface area (Å²) in [5.41, 5.74) is 1.30. The second-order valence-corrected chi connectivity index (χ2v) is 4.28. The van der Waals surface area contributed by atoms with Gasteiger partial charge in [-0.2, -0.15) is 5.26 Å². The van der Waals surface area contributed by atoms with Crippen LogP contribution in [0.4, 0.5) is 0 Å². The Balaban J connectivity index is 1.71. The Hall–Kier alpha value is -1.27. The third-order valence-corrected chi connectivity index (χ3v) is 3.17. The van der Waals surface area contributed by atoms with Crippen molar-refractivity contribution < 1.29 is 0 Å². The number of H-pyrrole nitrogens is 1. The van der Waals surface area contributed by atoms with Gasteiger partial charge in [0.2, 0.25) is 0 Å². The SMILES string of the molecule is N#CC1CCC(NCc2cc[nH]c2)CC1. The summed E-state index contributed by atoms with van der Waals surface area (Å²) in [6, 6.07) is 5.05. The van der Waals surface area contributed by atoms with Crippen molar-refractivity contribution in [2.45, 2.75) is 38.3 Å². The van der Waals surface area contributed by atoms with Crippen LogP contribution in [-0.4, -0.2) is 11.0 Å². The van der Waals surface area contributed by atoms with E-state index in [4.69, 9.17) is 5.26 Å². The second-order valence-electron chi connectivity index (χ2n) is 4.28. The molecule has 0 unspecified atom stereocenters. The molecule has 1 aliphatic carbocycles. The number of rotatable bonds is 3. The molecule has 0 saturated heterocycles. The molecule has 15 heavy (non-hydrogen) atoms. The van der Waals surface area contributed by atoms with Crippen LogP contribution in [0.1, 0.15) is 31.2 Å². The summed E-state index contributed by atoms with van der Waals surface area (Å²) in [7, 11) is 0.